The van der Waals surface area contributed by atoms with Crippen LogP contribution in [0.2, 0.25) is 0 Å². The highest BCUT2D eigenvalue weighted by atomic mass is 16.6. The van der Waals surface area contributed by atoms with Crippen LogP contribution < -0.4 is 10.2 Å². The van der Waals surface area contributed by atoms with Gasteiger partial charge in [0.25, 0.3) is 11.6 Å². The highest BCUT2D eigenvalue weighted by molar-refractivity contribution is 6.06. The summed E-state index contributed by atoms with van der Waals surface area (Å²) in [5, 5.41) is 13.7. The molecule has 140 valence electrons. The van der Waals surface area contributed by atoms with Crippen LogP contribution in [0, 0.1) is 10.1 Å². The van der Waals surface area contributed by atoms with Crippen molar-refractivity contribution in [2.75, 3.05) is 36.4 Å². The van der Waals surface area contributed by atoms with Gasteiger partial charge in [0.05, 0.1) is 16.3 Å². The predicted octanol–water partition coefficient (Wildman–Crippen LogP) is 2.52. The number of piperazine rings is 1. The van der Waals surface area contributed by atoms with E-state index in [9.17, 15) is 19.7 Å². The van der Waals surface area contributed by atoms with Crippen LogP contribution in [0.15, 0.2) is 48.5 Å². The van der Waals surface area contributed by atoms with Gasteiger partial charge in [-0.3, -0.25) is 19.7 Å². The lowest BCUT2D eigenvalue weighted by Gasteiger charge is -2.36. The summed E-state index contributed by atoms with van der Waals surface area (Å²) in [5.41, 5.74) is 1.58. The molecule has 0 radical (unpaired) electrons. The number of rotatable bonds is 4. The molecule has 0 spiro atoms. The van der Waals surface area contributed by atoms with Gasteiger partial charge in [-0.1, -0.05) is 18.2 Å². The van der Waals surface area contributed by atoms with Crippen LogP contribution in [0.1, 0.15) is 17.3 Å². The molecule has 0 bridgehead atoms. The summed E-state index contributed by atoms with van der Waals surface area (Å²) < 4.78 is 0. The fourth-order valence-electron chi connectivity index (χ4n) is 3.07. The van der Waals surface area contributed by atoms with Crippen LogP contribution in [0.3, 0.4) is 0 Å². The highest BCUT2D eigenvalue weighted by Gasteiger charge is 2.21. The number of amides is 2. The lowest BCUT2D eigenvalue weighted by atomic mass is 10.1. The van der Waals surface area contributed by atoms with Gasteiger partial charge in [-0.25, -0.2) is 0 Å². The molecule has 1 N–H and O–H groups in total. The second-order valence-electron chi connectivity index (χ2n) is 6.27. The second-order valence-corrected chi connectivity index (χ2v) is 6.27. The first-order valence-corrected chi connectivity index (χ1v) is 8.61. The van der Waals surface area contributed by atoms with E-state index >= 15 is 0 Å². The van der Waals surface area contributed by atoms with E-state index in [-0.39, 0.29) is 17.2 Å². The Labute approximate surface area is 156 Å². The number of nitro benzene ring substituents is 1. The number of para-hydroxylation sites is 2. The van der Waals surface area contributed by atoms with E-state index in [1.807, 2.05) is 18.2 Å². The molecule has 2 aromatic carbocycles. The minimum absolute atomic E-state index is 0.0573. The molecule has 1 fully saturated rings. The van der Waals surface area contributed by atoms with E-state index in [1.54, 1.807) is 17.9 Å². The van der Waals surface area contributed by atoms with Crippen LogP contribution in [0.4, 0.5) is 17.1 Å². The van der Waals surface area contributed by atoms with Gasteiger partial charge in [-0.05, 0) is 18.2 Å². The van der Waals surface area contributed by atoms with E-state index < -0.39 is 10.8 Å². The van der Waals surface area contributed by atoms with Crippen molar-refractivity contribution in [2.24, 2.45) is 0 Å². The molecule has 0 saturated carbocycles. The monoisotopic (exact) mass is 368 g/mol. The maximum absolute atomic E-state index is 12.6. The number of carbonyl (C=O) groups excluding carboxylic acids is 2. The zero-order chi connectivity index (χ0) is 19.4. The van der Waals surface area contributed by atoms with Crippen LogP contribution in [0.25, 0.3) is 0 Å². The summed E-state index contributed by atoms with van der Waals surface area (Å²) in [6.45, 7) is 4.15. The average molecular weight is 368 g/mol. The van der Waals surface area contributed by atoms with E-state index in [4.69, 9.17) is 0 Å². The summed E-state index contributed by atoms with van der Waals surface area (Å²) in [4.78, 5) is 38.3. The third-order valence-corrected chi connectivity index (χ3v) is 4.54. The van der Waals surface area contributed by atoms with Gasteiger partial charge in [0.2, 0.25) is 5.91 Å². The lowest BCUT2D eigenvalue weighted by molar-refractivity contribution is -0.384. The Morgan fingerprint density at radius 3 is 2.41 bits per heavy atom. The van der Waals surface area contributed by atoms with Crippen molar-refractivity contribution >= 4 is 28.9 Å². The molecule has 0 unspecified atom stereocenters. The summed E-state index contributed by atoms with van der Waals surface area (Å²) in [6, 6.07) is 13.0. The van der Waals surface area contributed by atoms with Gasteiger partial charge < -0.3 is 15.1 Å². The predicted molar refractivity (Wildman–Crippen MR) is 102 cm³/mol. The molecule has 2 aromatic rings. The van der Waals surface area contributed by atoms with Gasteiger partial charge in [0.1, 0.15) is 0 Å². The summed E-state index contributed by atoms with van der Waals surface area (Å²) in [5.74, 6) is -0.351. The van der Waals surface area contributed by atoms with Crippen molar-refractivity contribution in [2.45, 2.75) is 6.92 Å². The standard InChI is InChI=1S/C19H20N4O4/c1-14(24)21-9-11-22(12-10-21)18-8-3-2-7-17(18)20-19(25)15-5-4-6-16(13-15)23(26)27/h2-8,13H,9-12H2,1H3,(H,20,25). The fraction of sp³-hybridized carbons (Fsp3) is 0.263. The van der Waals surface area contributed by atoms with Crippen LogP contribution >= 0.6 is 0 Å². The van der Waals surface area contributed by atoms with Crippen molar-refractivity contribution in [3.05, 3.63) is 64.2 Å². The first-order valence-electron chi connectivity index (χ1n) is 8.61. The zero-order valence-corrected chi connectivity index (χ0v) is 14.9. The molecule has 1 aliphatic rings. The molecule has 1 aliphatic heterocycles. The Hall–Kier alpha value is -3.42. The average Bonchev–Trinajstić information content (AvgIpc) is 2.68. The van der Waals surface area contributed by atoms with Crippen LogP contribution in [-0.2, 0) is 4.79 Å². The third kappa shape index (κ3) is 4.22. The number of anilines is 2. The molecule has 2 amide bonds. The third-order valence-electron chi connectivity index (χ3n) is 4.54. The number of non-ortho nitro benzene ring substituents is 1. The number of nitrogens with one attached hydrogen (secondary N) is 1. The topological polar surface area (TPSA) is 95.8 Å². The van der Waals surface area contributed by atoms with Gasteiger partial charge in [0, 0.05) is 50.8 Å². The Kier molecular flexibility index (Phi) is 5.35. The van der Waals surface area contributed by atoms with Crippen molar-refractivity contribution < 1.29 is 14.5 Å². The Bertz CT molecular complexity index is 876. The minimum Gasteiger partial charge on any atom is -0.366 e. The number of benzene rings is 2. The van der Waals surface area contributed by atoms with Crippen molar-refractivity contribution in [3.63, 3.8) is 0 Å². The first-order chi connectivity index (χ1) is 13.0. The van der Waals surface area contributed by atoms with Gasteiger partial charge in [-0.2, -0.15) is 0 Å². The molecule has 0 atom stereocenters. The largest absolute Gasteiger partial charge is 0.366 e. The van der Waals surface area contributed by atoms with E-state index in [2.05, 4.69) is 10.2 Å². The van der Waals surface area contributed by atoms with Crippen molar-refractivity contribution in [1.29, 1.82) is 0 Å². The maximum Gasteiger partial charge on any atom is 0.270 e. The van der Waals surface area contributed by atoms with E-state index in [1.165, 1.54) is 24.3 Å². The number of hydrogen-bond donors (Lipinski definition) is 1. The van der Waals surface area contributed by atoms with Gasteiger partial charge in [0.15, 0.2) is 0 Å². The molecular formula is C19H20N4O4. The molecule has 0 aliphatic carbocycles. The normalized spacial score (nSPS) is 14.0. The number of carbonyl (C=O) groups is 2. The minimum atomic E-state index is -0.529. The van der Waals surface area contributed by atoms with Crippen LogP contribution in [-0.4, -0.2) is 47.8 Å². The highest BCUT2D eigenvalue weighted by Crippen LogP contribution is 2.27. The van der Waals surface area contributed by atoms with Crippen LogP contribution in [0.5, 0.6) is 0 Å². The number of hydrogen-bond acceptors (Lipinski definition) is 5. The molecule has 1 saturated heterocycles. The molecule has 8 nitrogen and oxygen atoms in total. The SMILES string of the molecule is CC(=O)N1CCN(c2ccccc2NC(=O)c2cccc([N+](=O)[O-])c2)CC1. The molecule has 3 rings (SSSR count). The summed E-state index contributed by atoms with van der Waals surface area (Å²) in [6.07, 6.45) is 0. The van der Waals surface area contributed by atoms with Crippen molar-refractivity contribution in [1.82, 2.24) is 4.90 Å². The fourth-order valence-corrected chi connectivity index (χ4v) is 3.07. The smallest absolute Gasteiger partial charge is 0.270 e. The second kappa shape index (κ2) is 7.86. The van der Waals surface area contributed by atoms with E-state index in [0.717, 1.165) is 5.69 Å². The summed E-state index contributed by atoms with van der Waals surface area (Å²) >= 11 is 0. The van der Waals surface area contributed by atoms with Gasteiger partial charge in [-0.15, -0.1) is 0 Å². The molecule has 8 heteroatoms. The quantitative estimate of drug-likeness (QED) is 0.661. The Morgan fingerprint density at radius 1 is 1.04 bits per heavy atom. The zero-order valence-electron chi connectivity index (χ0n) is 14.9. The van der Waals surface area contributed by atoms with E-state index in [0.29, 0.717) is 31.9 Å². The van der Waals surface area contributed by atoms with Crippen molar-refractivity contribution in [3.8, 4) is 0 Å². The number of nitro groups is 1. The Balaban J connectivity index is 1.77. The first kappa shape index (κ1) is 18.4. The van der Waals surface area contributed by atoms with Gasteiger partial charge >= 0.3 is 0 Å². The molecule has 0 aromatic heterocycles. The number of nitrogens with zero attached hydrogens (tertiary/aromatic N) is 3. The molecule has 27 heavy (non-hydrogen) atoms. The maximum atomic E-state index is 12.6. The lowest BCUT2D eigenvalue weighted by Crippen LogP contribution is -2.48. The molecule has 1 heterocycles. The molecular weight excluding hydrogens is 348 g/mol. The Morgan fingerprint density at radius 2 is 1.74 bits per heavy atom. The summed E-state index contributed by atoms with van der Waals surface area (Å²) in [7, 11) is 0.